The van der Waals surface area contributed by atoms with Crippen LogP contribution in [0.4, 0.5) is 0 Å². The second kappa shape index (κ2) is 23.1. The van der Waals surface area contributed by atoms with Gasteiger partial charge < -0.3 is 52.4 Å². The first-order valence-corrected chi connectivity index (χ1v) is 21.1. The van der Waals surface area contributed by atoms with E-state index in [0.717, 1.165) is 0 Å². The zero-order valence-electron chi connectivity index (χ0n) is 35.9. The number of rotatable bonds is 22. The van der Waals surface area contributed by atoms with Crippen molar-refractivity contribution in [3.63, 3.8) is 0 Å². The van der Waals surface area contributed by atoms with Gasteiger partial charge in [-0.05, 0) is 54.4 Å². The highest BCUT2D eigenvalue weighted by atomic mass is 16.4. The Bertz CT molecular complexity index is 1980. The number of carboxylic acid groups (broad SMARTS) is 1. The van der Waals surface area contributed by atoms with Crippen molar-refractivity contribution in [2.24, 2.45) is 17.6 Å². The number of aromatic hydroxyl groups is 1. The third kappa shape index (κ3) is 13.6. The first-order valence-electron chi connectivity index (χ1n) is 21.1. The number of amides is 6. The lowest BCUT2D eigenvalue weighted by molar-refractivity contribution is -0.145. The lowest BCUT2D eigenvalue weighted by Gasteiger charge is -2.32. The molecule has 18 nitrogen and oxygen atoms in total. The number of benzene rings is 2. The summed E-state index contributed by atoms with van der Waals surface area (Å²) in [5.74, 6) is -5.92. The molecule has 2 aromatic carbocycles. The standard InChI is InChI=1S/C44H61N9O9/c1-6-26(5)37(52-39(56)32(20-28-15-17-30(54)18-16-28)48-41(58)36(25(3)4)51-38(55)31(45)7-2)42(59)49-33(22-29-23-46-24-47-29)43(60)53-19-11-14-35(53)40(57)50-34(44(61)62)21-27-12-9-8-10-13-27/h8-10,12-13,15-18,23-26,31-37,54H,6-7,11,14,19-22,45H2,1-5H3,(H,46,47)(H,48,58)(H,49,59)(H,50,57)(H,51,55)(H,52,56)(H,61,62)/t26-,31+,32-,33-,34-,35-,36-,37-/m0/s1. The SMILES string of the molecule is CC[C@@H](N)C(=O)N[C@H](C(=O)N[C@@H](Cc1ccc(O)cc1)C(=O)N[C@H](C(=O)N[C@@H](Cc1cnc[nH]1)C(=O)N1CCC[C@H]1C(=O)N[C@@H](Cc1ccccc1)C(=O)O)[C@@H](C)CC)C(C)C. The molecular formula is C44H61N9O9. The van der Waals surface area contributed by atoms with Crippen molar-refractivity contribution < 1.29 is 43.8 Å². The van der Waals surface area contributed by atoms with Crippen molar-refractivity contribution in [3.8, 4) is 5.75 Å². The topological polar surface area (TPSA) is 278 Å². The Hall–Kier alpha value is -6.30. The molecule has 8 atom stereocenters. The van der Waals surface area contributed by atoms with Crippen LogP contribution in [0.15, 0.2) is 67.1 Å². The van der Waals surface area contributed by atoms with E-state index in [2.05, 4.69) is 36.6 Å². The van der Waals surface area contributed by atoms with Crippen LogP contribution in [-0.2, 0) is 52.8 Å². The van der Waals surface area contributed by atoms with Crippen LogP contribution in [-0.4, -0.2) is 115 Å². The monoisotopic (exact) mass is 859 g/mol. The minimum atomic E-state index is -1.26. The van der Waals surface area contributed by atoms with Crippen LogP contribution in [0.2, 0.25) is 0 Å². The van der Waals surface area contributed by atoms with E-state index in [0.29, 0.717) is 36.1 Å². The van der Waals surface area contributed by atoms with Gasteiger partial charge in [-0.1, -0.05) is 83.5 Å². The van der Waals surface area contributed by atoms with Gasteiger partial charge in [-0.2, -0.15) is 0 Å². The average molecular weight is 860 g/mol. The van der Waals surface area contributed by atoms with Gasteiger partial charge in [-0.15, -0.1) is 0 Å². The fourth-order valence-electron chi connectivity index (χ4n) is 7.17. The molecule has 1 aliphatic heterocycles. The minimum absolute atomic E-state index is 0.00485. The maximum absolute atomic E-state index is 14.4. The summed E-state index contributed by atoms with van der Waals surface area (Å²) in [7, 11) is 0. The van der Waals surface area contributed by atoms with E-state index in [1.54, 1.807) is 70.2 Å². The summed E-state index contributed by atoms with van der Waals surface area (Å²) >= 11 is 0. The molecule has 3 aromatic rings. The van der Waals surface area contributed by atoms with Crippen LogP contribution in [0, 0.1) is 11.8 Å². The number of carboxylic acids is 1. The zero-order valence-corrected chi connectivity index (χ0v) is 35.9. The molecule has 2 heterocycles. The number of aromatic nitrogens is 2. The number of nitrogens with one attached hydrogen (secondary N) is 6. The molecular weight excluding hydrogens is 799 g/mol. The van der Waals surface area contributed by atoms with E-state index in [1.165, 1.54) is 29.6 Å². The van der Waals surface area contributed by atoms with Gasteiger partial charge in [0.1, 0.15) is 42.0 Å². The molecule has 1 fully saturated rings. The molecule has 1 aliphatic rings. The van der Waals surface area contributed by atoms with Crippen LogP contribution in [0.3, 0.4) is 0 Å². The average Bonchev–Trinajstić information content (AvgIpc) is 3.97. The number of hydrogen-bond acceptors (Lipinski definition) is 10. The van der Waals surface area contributed by atoms with Gasteiger partial charge in [-0.25, -0.2) is 9.78 Å². The van der Waals surface area contributed by atoms with Gasteiger partial charge in [0, 0.05) is 37.7 Å². The molecule has 0 radical (unpaired) electrons. The van der Waals surface area contributed by atoms with E-state index in [4.69, 9.17) is 5.73 Å². The highest BCUT2D eigenvalue weighted by molar-refractivity contribution is 5.97. The number of carbonyl (C=O) groups is 7. The van der Waals surface area contributed by atoms with Crippen molar-refractivity contribution in [2.75, 3.05) is 6.54 Å². The van der Waals surface area contributed by atoms with Crippen molar-refractivity contribution >= 4 is 41.4 Å². The Morgan fingerprint density at radius 2 is 1.37 bits per heavy atom. The number of likely N-dealkylation sites (tertiary alicyclic amines) is 1. The number of hydrogen-bond donors (Lipinski definition) is 9. The zero-order chi connectivity index (χ0) is 45.5. The molecule has 6 amide bonds. The molecule has 10 N–H and O–H groups in total. The van der Waals surface area contributed by atoms with Crippen LogP contribution >= 0.6 is 0 Å². The smallest absolute Gasteiger partial charge is 0.326 e. The maximum Gasteiger partial charge on any atom is 0.326 e. The predicted molar refractivity (Wildman–Crippen MR) is 229 cm³/mol. The molecule has 1 aromatic heterocycles. The molecule has 4 rings (SSSR count). The van der Waals surface area contributed by atoms with Crippen molar-refractivity contribution in [2.45, 2.75) is 122 Å². The van der Waals surface area contributed by atoms with E-state index >= 15 is 0 Å². The highest BCUT2D eigenvalue weighted by Gasteiger charge is 2.41. The highest BCUT2D eigenvalue weighted by Crippen LogP contribution is 2.21. The van der Waals surface area contributed by atoms with Gasteiger partial charge in [0.2, 0.25) is 35.4 Å². The van der Waals surface area contributed by atoms with Crippen molar-refractivity contribution in [1.29, 1.82) is 0 Å². The molecule has 0 saturated carbocycles. The van der Waals surface area contributed by atoms with Crippen LogP contribution < -0.4 is 32.3 Å². The summed E-state index contributed by atoms with van der Waals surface area (Å²) in [6, 6.07) is 7.04. The van der Waals surface area contributed by atoms with Gasteiger partial charge in [0.25, 0.3) is 0 Å². The summed E-state index contributed by atoms with van der Waals surface area (Å²) in [5, 5.41) is 33.5. The summed E-state index contributed by atoms with van der Waals surface area (Å²) in [4.78, 5) is 104. The minimum Gasteiger partial charge on any atom is -0.508 e. The number of nitrogens with two attached hydrogens (primary N) is 1. The molecule has 1 saturated heterocycles. The fourth-order valence-corrected chi connectivity index (χ4v) is 7.17. The van der Waals surface area contributed by atoms with Gasteiger partial charge in [0.15, 0.2) is 0 Å². The molecule has 62 heavy (non-hydrogen) atoms. The summed E-state index contributed by atoms with van der Waals surface area (Å²) in [6.45, 7) is 8.95. The van der Waals surface area contributed by atoms with Crippen molar-refractivity contribution in [1.82, 2.24) is 41.5 Å². The Balaban J connectivity index is 1.57. The van der Waals surface area contributed by atoms with E-state index < -0.39 is 95.5 Å². The molecule has 336 valence electrons. The van der Waals surface area contributed by atoms with Crippen LogP contribution in [0.5, 0.6) is 5.75 Å². The fraction of sp³-hybridized carbons (Fsp3) is 0.500. The number of H-pyrrole nitrogens is 1. The third-order valence-corrected chi connectivity index (χ3v) is 11.2. The first-order chi connectivity index (χ1) is 29.5. The molecule has 0 unspecified atom stereocenters. The first kappa shape index (κ1) is 48.4. The molecule has 0 bridgehead atoms. The number of aliphatic carboxylic acids is 1. The van der Waals surface area contributed by atoms with E-state index in [9.17, 15) is 43.8 Å². The van der Waals surface area contributed by atoms with Crippen LogP contribution in [0.1, 0.15) is 77.1 Å². The third-order valence-electron chi connectivity index (χ3n) is 11.2. The Morgan fingerprint density at radius 1 is 0.758 bits per heavy atom. The normalized spacial score (nSPS) is 17.1. The summed E-state index contributed by atoms with van der Waals surface area (Å²) < 4.78 is 0. The second-order valence-corrected chi connectivity index (χ2v) is 16.2. The molecule has 0 spiro atoms. The van der Waals surface area contributed by atoms with E-state index in [1.807, 2.05) is 6.92 Å². The number of phenolic OH excluding ortho intramolecular Hbond substituents is 1. The Morgan fingerprint density at radius 3 is 1.97 bits per heavy atom. The largest absolute Gasteiger partial charge is 0.508 e. The lowest BCUT2D eigenvalue weighted by Crippen LogP contribution is -2.61. The van der Waals surface area contributed by atoms with Crippen LogP contribution in [0.25, 0.3) is 0 Å². The second-order valence-electron chi connectivity index (χ2n) is 16.2. The van der Waals surface area contributed by atoms with E-state index in [-0.39, 0.29) is 38.0 Å². The molecule has 18 heteroatoms. The van der Waals surface area contributed by atoms with Gasteiger partial charge in [-0.3, -0.25) is 28.8 Å². The predicted octanol–water partition coefficient (Wildman–Crippen LogP) is 1.08. The van der Waals surface area contributed by atoms with Gasteiger partial charge >= 0.3 is 5.97 Å². The van der Waals surface area contributed by atoms with Gasteiger partial charge in [0.05, 0.1) is 12.4 Å². The summed E-state index contributed by atoms with van der Waals surface area (Å²) in [5.41, 5.74) is 7.71. The number of aromatic amines is 1. The number of carbonyl (C=O) groups excluding carboxylic acids is 6. The lowest BCUT2D eigenvalue weighted by atomic mass is 9.96. The Labute approximate surface area is 361 Å². The van der Waals surface area contributed by atoms with Crippen molar-refractivity contribution in [3.05, 3.63) is 83.9 Å². The number of nitrogens with zero attached hydrogens (tertiary/aromatic N) is 2. The summed E-state index contributed by atoms with van der Waals surface area (Å²) in [6.07, 6.45) is 4.34. The Kier molecular flexibility index (Phi) is 18.0. The quantitative estimate of drug-likeness (QED) is 0.0690. The molecule has 0 aliphatic carbocycles. The number of phenols is 1. The number of imidazole rings is 1. The maximum atomic E-state index is 14.4.